The van der Waals surface area contributed by atoms with Gasteiger partial charge in [0.2, 0.25) is 0 Å². The van der Waals surface area contributed by atoms with Crippen molar-refractivity contribution in [2.75, 3.05) is 14.1 Å². The average Bonchev–Trinajstić information content (AvgIpc) is 2.67. The van der Waals surface area contributed by atoms with Crippen molar-refractivity contribution >= 4 is 47.1 Å². The second-order valence-electron chi connectivity index (χ2n) is 6.17. The Hall–Kier alpha value is -2.83. The van der Waals surface area contributed by atoms with Crippen LogP contribution in [-0.2, 0) is 16.2 Å². The summed E-state index contributed by atoms with van der Waals surface area (Å²) in [4.78, 5) is 38.5. The first-order valence-electron chi connectivity index (χ1n) is 8.26. The highest BCUT2D eigenvalue weighted by Gasteiger charge is 2.37. The van der Waals surface area contributed by atoms with Gasteiger partial charge >= 0.3 is 6.03 Å². The van der Waals surface area contributed by atoms with Gasteiger partial charge in [-0.15, -0.1) is 0 Å². The second-order valence-corrected chi connectivity index (χ2v) is 7.04. The molecular formula is C20H16Cl2N2O4. The van der Waals surface area contributed by atoms with Crippen LogP contribution < -0.4 is 4.74 Å². The number of imide groups is 2. The number of urea groups is 1. The van der Waals surface area contributed by atoms with Crippen LogP contribution >= 0.6 is 23.2 Å². The van der Waals surface area contributed by atoms with Crippen LogP contribution in [0.1, 0.15) is 11.1 Å². The maximum absolute atomic E-state index is 12.4. The van der Waals surface area contributed by atoms with Gasteiger partial charge in [0, 0.05) is 29.7 Å². The van der Waals surface area contributed by atoms with Gasteiger partial charge in [-0.1, -0.05) is 35.3 Å². The molecule has 1 aliphatic heterocycles. The summed E-state index contributed by atoms with van der Waals surface area (Å²) in [5, 5.41) is 1.00. The van der Waals surface area contributed by atoms with E-state index in [4.69, 9.17) is 27.9 Å². The number of likely N-dealkylation sites (N-methyl/N-ethyl adjacent to an activating group) is 2. The number of benzene rings is 2. The zero-order valence-electron chi connectivity index (χ0n) is 15.1. The van der Waals surface area contributed by atoms with Crippen molar-refractivity contribution in [3.63, 3.8) is 0 Å². The zero-order valence-corrected chi connectivity index (χ0v) is 16.6. The highest BCUT2D eigenvalue weighted by atomic mass is 35.5. The quantitative estimate of drug-likeness (QED) is 0.555. The summed E-state index contributed by atoms with van der Waals surface area (Å²) in [5.41, 5.74) is 1.15. The van der Waals surface area contributed by atoms with Gasteiger partial charge in [-0.25, -0.2) is 4.79 Å². The Labute approximate surface area is 171 Å². The fraction of sp³-hybridized carbons (Fsp3) is 0.150. The molecule has 0 atom stereocenters. The van der Waals surface area contributed by atoms with Gasteiger partial charge in [0.25, 0.3) is 11.8 Å². The van der Waals surface area contributed by atoms with Crippen LogP contribution in [-0.4, -0.2) is 41.7 Å². The Bertz CT molecular complexity index is 977. The molecule has 144 valence electrons. The fourth-order valence-electron chi connectivity index (χ4n) is 2.68. The predicted octanol–water partition coefficient (Wildman–Crippen LogP) is 4.01. The van der Waals surface area contributed by atoms with Gasteiger partial charge in [0.1, 0.15) is 17.9 Å². The van der Waals surface area contributed by atoms with Gasteiger partial charge in [-0.3, -0.25) is 19.4 Å². The lowest BCUT2D eigenvalue weighted by molar-refractivity contribution is -0.134. The fourth-order valence-corrected chi connectivity index (χ4v) is 3.08. The van der Waals surface area contributed by atoms with E-state index in [1.807, 2.05) is 12.1 Å². The van der Waals surface area contributed by atoms with Crippen molar-refractivity contribution in [1.82, 2.24) is 9.80 Å². The summed E-state index contributed by atoms with van der Waals surface area (Å²) in [6.45, 7) is 0.235. The van der Waals surface area contributed by atoms with Gasteiger partial charge in [-0.2, -0.15) is 0 Å². The molecule has 4 amide bonds. The molecule has 0 radical (unpaired) electrons. The topological polar surface area (TPSA) is 66.9 Å². The average molecular weight is 419 g/mol. The van der Waals surface area contributed by atoms with Crippen molar-refractivity contribution in [2.24, 2.45) is 0 Å². The van der Waals surface area contributed by atoms with Crippen molar-refractivity contribution in [3.8, 4) is 5.75 Å². The molecule has 0 unspecified atom stereocenters. The summed E-state index contributed by atoms with van der Waals surface area (Å²) in [7, 11) is 2.63. The Morgan fingerprint density at radius 3 is 2.21 bits per heavy atom. The smallest absolute Gasteiger partial charge is 0.333 e. The number of carbonyl (C=O) groups is 3. The molecule has 2 aromatic rings. The maximum atomic E-state index is 12.4. The number of carbonyl (C=O) groups excluding carboxylic acids is 3. The molecule has 2 aromatic carbocycles. The number of hydrogen-bond donors (Lipinski definition) is 0. The molecule has 0 aliphatic carbocycles. The molecule has 28 heavy (non-hydrogen) atoms. The molecule has 6 nitrogen and oxygen atoms in total. The summed E-state index contributed by atoms with van der Waals surface area (Å²) in [6.07, 6.45) is 1.38. The molecule has 0 spiro atoms. The van der Waals surface area contributed by atoms with E-state index in [1.54, 1.807) is 30.3 Å². The Balaban J connectivity index is 1.94. The van der Waals surface area contributed by atoms with Gasteiger partial charge in [0.15, 0.2) is 0 Å². The second kappa shape index (κ2) is 8.04. The van der Waals surface area contributed by atoms with E-state index in [1.165, 1.54) is 20.2 Å². The Kier molecular flexibility index (Phi) is 5.72. The lowest BCUT2D eigenvalue weighted by Gasteiger charge is -2.29. The van der Waals surface area contributed by atoms with E-state index in [0.29, 0.717) is 21.4 Å². The van der Waals surface area contributed by atoms with Gasteiger partial charge in [-0.05, 0) is 42.0 Å². The van der Waals surface area contributed by atoms with E-state index in [2.05, 4.69) is 0 Å². The van der Waals surface area contributed by atoms with Crippen LogP contribution in [0, 0.1) is 0 Å². The van der Waals surface area contributed by atoms with Crippen LogP contribution in [0.5, 0.6) is 5.75 Å². The lowest BCUT2D eigenvalue weighted by Crippen LogP contribution is -2.52. The first kappa shape index (κ1) is 19.9. The number of halogens is 2. The van der Waals surface area contributed by atoms with Crippen molar-refractivity contribution in [2.45, 2.75) is 6.61 Å². The number of barbiturate groups is 1. The Morgan fingerprint density at radius 2 is 1.57 bits per heavy atom. The summed E-state index contributed by atoms with van der Waals surface area (Å²) < 4.78 is 5.84. The number of amides is 4. The third-order valence-corrected chi connectivity index (χ3v) is 4.67. The van der Waals surface area contributed by atoms with E-state index >= 15 is 0 Å². The minimum absolute atomic E-state index is 0.153. The number of ether oxygens (including phenoxy) is 1. The van der Waals surface area contributed by atoms with E-state index in [9.17, 15) is 14.4 Å². The predicted molar refractivity (Wildman–Crippen MR) is 106 cm³/mol. The minimum Gasteiger partial charge on any atom is -0.488 e. The van der Waals surface area contributed by atoms with Crippen LogP contribution in [0.25, 0.3) is 6.08 Å². The zero-order chi connectivity index (χ0) is 20.4. The molecule has 0 N–H and O–H groups in total. The molecule has 1 saturated heterocycles. The van der Waals surface area contributed by atoms with Crippen molar-refractivity contribution in [3.05, 3.63) is 69.2 Å². The summed E-state index contributed by atoms with van der Waals surface area (Å²) in [5.74, 6) is -0.942. The Morgan fingerprint density at radius 1 is 0.929 bits per heavy atom. The monoisotopic (exact) mass is 418 g/mol. The van der Waals surface area contributed by atoms with Crippen LogP contribution in [0.4, 0.5) is 4.79 Å². The first-order chi connectivity index (χ1) is 13.3. The third kappa shape index (κ3) is 4.03. The van der Waals surface area contributed by atoms with Gasteiger partial charge < -0.3 is 4.74 Å². The maximum Gasteiger partial charge on any atom is 0.333 e. The standard InChI is InChI=1S/C20H16Cl2N2O4/c1-23-18(25)16(19(26)24(2)20(23)27)10-13-9-15(22)6-7-17(13)28-11-12-4-3-5-14(21)8-12/h3-10H,11H2,1-2H3. The minimum atomic E-state index is -0.686. The molecule has 1 heterocycles. The van der Waals surface area contributed by atoms with Gasteiger partial charge in [0.05, 0.1) is 0 Å². The van der Waals surface area contributed by atoms with E-state index < -0.39 is 17.8 Å². The summed E-state index contributed by atoms with van der Waals surface area (Å²) in [6, 6.07) is 11.4. The largest absolute Gasteiger partial charge is 0.488 e. The molecule has 8 heteroatoms. The van der Waals surface area contributed by atoms with Crippen LogP contribution in [0.15, 0.2) is 48.0 Å². The SMILES string of the molecule is CN1C(=O)C(=Cc2cc(Cl)ccc2OCc2cccc(Cl)c2)C(=O)N(C)C1=O. The lowest BCUT2D eigenvalue weighted by atomic mass is 10.1. The molecule has 0 bridgehead atoms. The van der Waals surface area contributed by atoms with Crippen LogP contribution in [0.3, 0.4) is 0 Å². The third-order valence-electron chi connectivity index (χ3n) is 4.20. The number of nitrogens with zero attached hydrogens (tertiary/aromatic N) is 2. The van der Waals surface area contributed by atoms with Crippen molar-refractivity contribution < 1.29 is 19.1 Å². The number of rotatable bonds is 4. The molecular weight excluding hydrogens is 403 g/mol. The normalized spacial score (nSPS) is 14.6. The molecule has 1 aliphatic rings. The van der Waals surface area contributed by atoms with E-state index in [0.717, 1.165) is 15.4 Å². The van der Waals surface area contributed by atoms with E-state index in [-0.39, 0.29) is 12.2 Å². The molecule has 0 aromatic heterocycles. The molecule has 0 saturated carbocycles. The van der Waals surface area contributed by atoms with Crippen LogP contribution in [0.2, 0.25) is 10.0 Å². The molecule has 1 fully saturated rings. The highest BCUT2D eigenvalue weighted by molar-refractivity contribution is 6.32. The summed E-state index contributed by atoms with van der Waals surface area (Å²) >= 11 is 12.1. The van der Waals surface area contributed by atoms with Crippen molar-refractivity contribution in [1.29, 1.82) is 0 Å². The molecule has 3 rings (SSSR count). The highest BCUT2D eigenvalue weighted by Crippen LogP contribution is 2.28. The first-order valence-corrected chi connectivity index (χ1v) is 9.02. The number of hydrogen-bond acceptors (Lipinski definition) is 4.